The summed E-state index contributed by atoms with van der Waals surface area (Å²) in [5, 5.41) is 6.54. The quantitative estimate of drug-likeness (QED) is 0.514. The molecule has 4 rings (SSSR count). The fraction of sp³-hybridized carbons (Fsp3) is 0.462. The summed E-state index contributed by atoms with van der Waals surface area (Å²) in [4.78, 5) is 45.4. The molecule has 1 fully saturated rings. The van der Waals surface area contributed by atoms with E-state index in [1.165, 1.54) is 0 Å². The maximum atomic E-state index is 13.2. The molecule has 0 spiro atoms. The van der Waals surface area contributed by atoms with Crippen LogP contribution < -0.4 is 10.6 Å². The van der Waals surface area contributed by atoms with Gasteiger partial charge in [0.1, 0.15) is 17.4 Å². The largest absolute Gasteiger partial charge is 0.451 e. The highest BCUT2D eigenvalue weighted by molar-refractivity contribution is 5.99. The molecule has 9 nitrogen and oxygen atoms in total. The minimum Gasteiger partial charge on any atom is -0.451 e. The van der Waals surface area contributed by atoms with Crippen molar-refractivity contribution >= 4 is 28.6 Å². The number of likely N-dealkylation sites (tertiary alicyclic amines) is 1. The highest BCUT2D eigenvalue weighted by atomic mass is 16.3. The summed E-state index contributed by atoms with van der Waals surface area (Å²) in [6, 6.07) is 7.68. The van der Waals surface area contributed by atoms with Gasteiger partial charge in [0.05, 0.1) is 19.1 Å². The number of fused-ring (bicyclic) bond motifs is 1. The van der Waals surface area contributed by atoms with Crippen molar-refractivity contribution < 1.29 is 18.8 Å². The predicted molar refractivity (Wildman–Crippen MR) is 132 cm³/mol. The number of Topliss-reactive ketones (excluding diaryl/α,β-unsaturated/α-hetero) is 1. The Bertz CT molecular complexity index is 1160. The molecule has 1 unspecified atom stereocenters. The van der Waals surface area contributed by atoms with Crippen molar-refractivity contribution in [2.45, 2.75) is 51.7 Å². The summed E-state index contributed by atoms with van der Waals surface area (Å²) in [5.41, 5.74) is 0.613. The number of carbonyl (C=O) groups excluding carboxylic acids is 3. The monoisotopic (exact) mass is 479 g/mol. The van der Waals surface area contributed by atoms with Gasteiger partial charge in [0.15, 0.2) is 11.5 Å². The van der Waals surface area contributed by atoms with Crippen molar-refractivity contribution in [3.8, 4) is 0 Å². The lowest BCUT2D eigenvalue weighted by atomic mass is 10.0. The summed E-state index contributed by atoms with van der Waals surface area (Å²) in [6.07, 6.45) is 5.41. The summed E-state index contributed by atoms with van der Waals surface area (Å²) in [7, 11) is 1.93. The van der Waals surface area contributed by atoms with E-state index in [2.05, 4.69) is 20.5 Å². The van der Waals surface area contributed by atoms with E-state index in [9.17, 15) is 14.4 Å². The fourth-order valence-electron chi connectivity index (χ4n) is 4.42. The average Bonchev–Trinajstić information content (AvgIpc) is 3.38. The molecule has 3 heterocycles. The van der Waals surface area contributed by atoms with Crippen LogP contribution in [0.2, 0.25) is 0 Å². The molecule has 2 aromatic heterocycles. The highest BCUT2D eigenvalue weighted by Crippen LogP contribution is 2.19. The first kappa shape index (κ1) is 24.7. The normalized spacial score (nSPS) is 17.9. The van der Waals surface area contributed by atoms with E-state index in [1.807, 2.05) is 49.9 Å². The Morgan fingerprint density at radius 3 is 2.77 bits per heavy atom. The highest BCUT2D eigenvalue weighted by Gasteiger charge is 2.30. The Hall–Kier alpha value is -3.46. The lowest BCUT2D eigenvalue weighted by Gasteiger charge is -2.23. The number of furan rings is 1. The molecular formula is C26H33N5O4. The zero-order chi connectivity index (χ0) is 24.9. The van der Waals surface area contributed by atoms with E-state index in [4.69, 9.17) is 4.42 Å². The number of amides is 2. The molecule has 35 heavy (non-hydrogen) atoms. The van der Waals surface area contributed by atoms with Gasteiger partial charge >= 0.3 is 0 Å². The predicted octanol–water partition coefficient (Wildman–Crippen LogP) is 2.66. The van der Waals surface area contributed by atoms with Crippen molar-refractivity contribution in [3.05, 3.63) is 54.3 Å². The Morgan fingerprint density at radius 2 is 2.06 bits per heavy atom. The number of nitrogens with zero attached hydrogens (tertiary/aromatic N) is 3. The third-order valence-corrected chi connectivity index (χ3v) is 6.32. The summed E-state index contributed by atoms with van der Waals surface area (Å²) in [6.45, 7) is 5.56. The van der Waals surface area contributed by atoms with Crippen LogP contribution in [0, 0.1) is 5.92 Å². The Morgan fingerprint density at radius 1 is 1.26 bits per heavy atom. The van der Waals surface area contributed by atoms with Gasteiger partial charge in [-0.1, -0.05) is 32.0 Å². The van der Waals surface area contributed by atoms with E-state index in [-0.39, 0.29) is 29.9 Å². The second-order valence-electron chi connectivity index (χ2n) is 9.64. The van der Waals surface area contributed by atoms with Gasteiger partial charge in [0, 0.05) is 24.8 Å². The van der Waals surface area contributed by atoms with Gasteiger partial charge in [-0.15, -0.1) is 0 Å². The molecule has 0 bridgehead atoms. The summed E-state index contributed by atoms with van der Waals surface area (Å²) >= 11 is 0. The van der Waals surface area contributed by atoms with Gasteiger partial charge in [0.25, 0.3) is 5.91 Å². The van der Waals surface area contributed by atoms with Crippen LogP contribution in [-0.4, -0.2) is 57.2 Å². The third kappa shape index (κ3) is 6.16. The number of aryl methyl sites for hydroxylation is 1. The number of aromatic nitrogens is 2. The van der Waals surface area contributed by atoms with Crippen molar-refractivity contribution in [2.75, 3.05) is 13.1 Å². The van der Waals surface area contributed by atoms with E-state index < -0.39 is 18.0 Å². The van der Waals surface area contributed by atoms with Crippen LogP contribution in [0.1, 0.15) is 49.5 Å². The molecule has 0 saturated carbocycles. The van der Waals surface area contributed by atoms with Crippen molar-refractivity contribution in [1.82, 2.24) is 25.1 Å². The number of hydrogen-bond acceptors (Lipinski definition) is 6. The summed E-state index contributed by atoms with van der Waals surface area (Å²) < 4.78 is 7.59. The van der Waals surface area contributed by atoms with Crippen LogP contribution in [0.3, 0.4) is 0 Å². The molecule has 2 amide bonds. The molecule has 2 atom stereocenters. The Balaban J connectivity index is 1.39. The Labute approximate surface area is 204 Å². The van der Waals surface area contributed by atoms with Crippen molar-refractivity contribution in [3.63, 3.8) is 0 Å². The van der Waals surface area contributed by atoms with E-state index >= 15 is 0 Å². The maximum Gasteiger partial charge on any atom is 0.287 e. The lowest BCUT2D eigenvalue weighted by molar-refractivity contribution is -0.129. The van der Waals surface area contributed by atoms with Crippen LogP contribution in [0.5, 0.6) is 0 Å². The summed E-state index contributed by atoms with van der Waals surface area (Å²) in [5.74, 6) is 0.389. The molecule has 1 saturated heterocycles. The first-order valence-electron chi connectivity index (χ1n) is 12.1. The number of para-hydroxylation sites is 1. The smallest absolute Gasteiger partial charge is 0.287 e. The van der Waals surface area contributed by atoms with Gasteiger partial charge < -0.3 is 19.6 Å². The fourth-order valence-corrected chi connectivity index (χ4v) is 4.42. The molecule has 1 aromatic carbocycles. The standard InChI is InChI=1S/C26H33N5O4/c1-17(2)13-20(29-26(34)23-14-18-7-4-5-9-22(18)35-23)25(33)28-19-8-6-11-31(15-21(19)32)16-24-27-10-12-30(24)3/h4-5,7,9-10,12,14,17,19-20H,6,8,11,13,15-16H2,1-3H3,(H,28,33)(H,29,34)/t19?,20-/m0/s1. The molecule has 186 valence electrons. The van der Waals surface area contributed by atoms with Crippen molar-refractivity contribution in [2.24, 2.45) is 13.0 Å². The van der Waals surface area contributed by atoms with Gasteiger partial charge in [-0.25, -0.2) is 4.98 Å². The second kappa shape index (κ2) is 10.9. The van der Waals surface area contributed by atoms with Gasteiger partial charge in [-0.05, 0) is 43.9 Å². The SMILES string of the molecule is CC(C)C[C@H](NC(=O)c1cc2ccccc2o1)C(=O)NC1CCCN(Cc2nccn2C)CC1=O. The lowest BCUT2D eigenvalue weighted by Crippen LogP contribution is -2.52. The van der Waals surface area contributed by atoms with E-state index in [0.717, 1.165) is 24.2 Å². The minimum absolute atomic E-state index is 0.0306. The molecular weight excluding hydrogens is 446 g/mol. The van der Waals surface area contributed by atoms with Gasteiger partial charge in [-0.2, -0.15) is 0 Å². The molecule has 1 aliphatic rings. The molecule has 1 aliphatic heterocycles. The number of hydrogen-bond donors (Lipinski definition) is 2. The van der Waals surface area contributed by atoms with Crippen LogP contribution in [0.4, 0.5) is 0 Å². The number of nitrogens with one attached hydrogen (secondary N) is 2. The zero-order valence-electron chi connectivity index (χ0n) is 20.5. The minimum atomic E-state index is -0.768. The van der Waals surface area contributed by atoms with Gasteiger partial charge in [-0.3, -0.25) is 19.3 Å². The molecule has 0 radical (unpaired) electrons. The molecule has 0 aliphatic carbocycles. The molecule has 3 aromatic rings. The number of imidazole rings is 1. The number of ketones is 1. The molecule has 9 heteroatoms. The van der Waals surface area contributed by atoms with E-state index in [0.29, 0.717) is 25.0 Å². The van der Waals surface area contributed by atoms with Crippen LogP contribution in [-0.2, 0) is 23.2 Å². The number of benzene rings is 1. The third-order valence-electron chi connectivity index (χ3n) is 6.32. The topological polar surface area (TPSA) is 109 Å². The second-order valence-corrected chi connectivity index (χ2v) is 9.64. The Kier molecular flexibility index (Phi) is 7.65. The average molecular weight is 480 g/mol. The first-order chi connectivity index (χ1) is 16.8. The number of rotatable bonds is 8. The first-order valence-corrected chi connectivity index (χ1v) is 12.1. The van der Waals surface area contributed by atoms with Gasteiger partial charge in [0.2, 0.25) is 5.91 Å². The molecule has 2 N–H and O–H groups in total. The number of carbonyl (C=O) groups is 3. The van der Waals surface area contributed by atoms with Crippen molar-refractivity contribution in [1.29, 1.82) is 0 Å². The zero-order valence-corrected chi connectivity index (χ0v) is 20.5. The van der Waals surface area contributed by atoms with Crippen LogP contribution in [0.25, 0.3) is 11.0 Å². The van der Waals surface area contributed by atoms with Crippen LogP contribution >= 0.6 is 0 Å². The van der Waals surface area contributed by atoms with Crippen LogP contribution in [0.15, 0.2) is 47.1 Å². The van der Waals surface area contributed by atoms with E-state index in [1.54, 1.807) is 18.3 Å². The maximum absolute atomic E-state index is 13.2.